The Kier molecular flexibility index (Phi) is 5.35. The van der Waals surface area contributed by atoms with Gasteiger partial charge >= 0.3 is 6.61 Å². The third-order valence-electron chi connectivity index (χ3n) is 2.85. The zero-order valence-electron chi connectivity index (χ0n) is 11.9. The topological polar surface area (TPSA) is 64.1 Å². The van der Waals surface area contributed by atoms with Gasteiger partial charge in [-0.15, -0.1) is 0 Å². The standard InChI is InChI=1S/C15H15F2N3O2/c1-10(8-12-9-18-6-7-19-12)20-14(21)11-2-4-13(5-3-11)22-15(16)17/h2-7,9-10,15H,8H2,1H3,(H,20,21). The van der Waals surface area contributed by atoms with Crippen molar-refractivity contribution in [3.63, 3.8) is 0 Å². The molecule has 5 nitrogen and oxygen atoms in total. The summed E-state index contributed by atoms with van der Waals surface area (Å²) in [5.74, 6) is -0.279. The molecule has 22 heavy (non-hydrogen) atoms. The Morgan fingerprint density at radius 1 is 1.27 bits per heavy atom. The van der Waals surface area contributed by atoms with Gasteiger partial charge in [-0.2, -0.15) is 8.78 Å². The van der Waals surface area contributed by atoms with Crippen LogP contribution >= 0.6 is 0 Å². The van der Waals surface area contributed by atoms with Crippen LogP contribution < -0.4 is 10.1 Å². The van der Waals surface area contributed by atoms with Crippen LogP contribution in [-0.2, 0) is 6.42 Å². The first-order valence-electron chi connectivity index (χ1n) is 6.65. The Labute approximate surface area is 126 Å². The van der Waals surface area contributed by atoms with Gasteiger partial charge in [0.05, 0.1) is 5.69 Å². The van der Waals surface area contributed by atoms with Gasteiger partial charge in [0.1, 0.15) is 5.75 Å². The largest absolute Gasteiger partial charge is 0.435 e. The van der Waals surface area contributed by atoms with E-state index in [9.17, 15) is 13.6 Å². The Balaban J connectivity index is 1.91. The average molecular weight is 307 g/mol. The summed E-state index contributed by atoms with van der Waals surface area (Å²) in [4.78, 5) is 20.1. The number of hydrogen-bond acceptors (Lipinski definition) is 4. The summed E-state index contributed by atoms with van der Waals surface area (Å²) in [6.07, 6.45) is 5.35. The lowest BCUT2D eigenvalue weighted by atomic mass is 10.1. The monoisotopic (exact) mass is 307 g/mol. The van der Waals surface area contributed by atoms with Crippen molar-refractivity contribution in [2.24, 2.45) is 0 Å². The molecule has 2 rings (SSSR count). The van der Waals surface area contributed by atoms with Gasteiger partial charge in [0.25, 0.3) is 5.91 Å². The first-order valence-corrected chi connectivity index (χ1v) is 6.65. The molecule has 1 aromatic heterocycles. The zero-order valence-corrected chi connectivity index (χ0v) is 11.9. The second-order valence-electron chi connectivity index (χ2n) is 4.68. The van der Waals surface area contributed by atoms with Crippen molar-refractivity contribution in [3.05, 3.63) is 54.1 Å². The van der Waals surface area contributed by atoms with E-state index in [1.165, 1.54) is 24.3 Å². The van der Waals surface area contributed by atoms with E-state index in [0.29, 0.717) is 12.0 Å². The molecule has 1 heterocycles. The second kappa shape index (κ2) is 7.44. The van der Waals surface area contributed by atoms with E-state index >= 15 is 0 Å². The highest BCUT2D eigenvalue weighted by molar-refractivity contribution is 5.94. The molecule has 116 valence electrons. The van der Waals surface area contributed by atoms with Gasteiger partial charge in [-0.25, -0.2) is 0 Å². The molecule has 0 fully saturated rings. The summed E-state index contributed by atoms with van der Waals surface area (Å²) in [5, 5.41) is 2.81. The van der Waals surface area contributed by atoms with Crippen LogP contribution in [0.25, 0.3) is 0 Å². The Morgan fingerprint density at radius 3 is 2.59 bits per heavy atom. The Bertz CT molecular complexity index is 606. The number of nitrogens with one attached hydrogen (secondary N) is 1. The molecule has 1 N–H and O–H groups in total. The minimum atomic E-state index is -2.88. The van der Waals surface area contributed by atoms with Crippen molar-refractivity contribution in [1.82, 2.24) is 15.3 Å². The highest BCUT2D eigenvalue weighted by atomic mass is 19.3. The van der Waals surface area contributed by atoms with Crippen LogP contribution in [0.5, 0.6) is 5.75 Å². The summed E-state index contributed by atoms with van der Waals surface area (Å²) in [5.41, 5.74) is 1.14. The van der Waals surface area contributed by atoms with Crippen molar-refractivity contribution < 1.29 is 18.3 Å². The minimum Gasteiger partial charge on any atom is -0.435 e. The minimum absolute atomic E-state index is 0.0131. The molecule has 0 saturated carbocycles. The lowest BCUT2D eigenvalue weighted by molar-refractivity contribution is -0.0498. The van der Waals surface area contributed by atoms with Gasteiger partial charge < -0.3 is 10.1 Å². The third kappa shape index (κ3) is 4.76. The fourth-order valence-corrected chi connectivity index (χ4v) is 1.89. The molecule has 0 spiro atoms. The molecule has 1 aromatic carbocycles. The number of nitrogens with zero attached hydrogens (tertiary/aromatic N) is 2. The number of carbonyl (C=O) groups is 1. The van der Waals surface area contributed by atoms with E-state index in [1.54, 1.807) is 18.6 Å². The van der Waals surface area contributed by atoms with Gasteiger partial charge in [-0.3, -0.25) is 14.8 Å². The lowest BCUT2D eigenvalue weighted by Gasteiger charge is -2.13. The van der Waals surface area contributed by atoms with Crippen LogP contribution in [0.4, 0.5) is 8.78 Å². The normalized spacial score (nSPS) is 12.0. The van der Waals surface area contributed by atoms with Crippen LogP contribution in [0.1, 0.15) is 23.0 Å². The summed E-state index contributed by atoms with van der Waals surface area (Å²) in [6.45, 7) is -1.03. The predicted octanol–water partition coefficient (Wildman–Crippen LogP) is 2.44. The van der Waals surface area contributed by atoms with Crippen molar-refractivity contribution in [1.29, 1.82) is 0 Å². The number of benzene rings is 1. The number of rotatable bonds is 6. The molecular weight excluding hydrogens is 292 g/mol. The molecule has 1 atom stereocenters. The molecule has 2 aromatic rings. The van der Waals surface area contributed by atoms with E-state index in [0.717, 1.165) is 5.69 Å². The van der Waals surface area contributed by atoms with Crippen molar-refractivity contribution >= 4 is 5.91 Å². The van der Waals surface area contributed by atoms with E-state index in [4.69, 9.17) is 0 Å². The highest BCUT2D eigenvalue weighted by Gasteiger charge is 2.12. The third-order valence-corrected chi connectivity index (χ3v) is 2.85. The van der Waals surface area contributed by atoms with Gasteiger partial charge in [0.2, 0.25) is 0 Å². The summed E-state index contributed by atoms with van der Waals surface area (Å²) >= 11 is 0. The molecule has 0 radical (unpaired) electrons. The second-order valence-corrected chi connectivity index (χ2v) is 4.68. The molecule has 0 aliphatic heterocycles. The maximum Gasteiger partial charge on any atom is 0.387 e. The van der Waals surface area contributed by atoms with E-state index in [-0.39, 0.29) is 17.7 Å². The SMILES string of the molecule is CC(Cc1cnccn1)NC(=O)c1ccc(OC(F)F)cc1. The molecule has 1 amide bonds. The van der Waals surface area contributed by atoms with E-state index in [2.05, 4.69) is 20.0 Å². The van der Waals surface area contributed by atoms with Crippen molar-refractivity contribution in [3.8, 4) is 5.75 Å². The highest BCUT2D eigenvalue weighted by Crippen LogP contribution is 2.15. The average Bonchev–Trinajstić information content (AvgIpc) is 2.48. The number of carbonyl (C=O) groups excluding carboxylic acids is 1. The van der Waals surface area contributed by atoms with Crippen LogP contribution in [0, 0.1) is 0 Å². The number of ether oxygens (including phenoxy) is 1. The van der Waals surface area contributed by atoms with Crippen molar-refractivity contribution in [2.75, 3.05) is 0 Å². The Hall–Kier alpha value is -2.57. The molecule has 0 bridgehead atoms. The smallest absolute Gasteiger partial charge is 0.387 e. The first-order chi connectivity index (χ1) is 10.5. The van der Waals surface area contributed by atoms with E-state index < -0.39 is 6.61 Å². The van der Waals surface area contributed by atoms with Gasteiger partial charge in [-0.1, -0.05) is 0 Å². The number of amides is 1. The quantitative estimate of drug-likeness (QED) is 0.890. The van der Waals surface area contributed by atoms with E-state index in [1.807, 2.05) is 6.92 Å². The summed E-state index contributed by atoms with van der Waals surface area (Å²) in [7, 11) is 0. The maximum atomic E-state index is 12.0. The number of aromatic nitrogens is 2. The fraction of sp³-hybridized carbons (Fsp3) is 0.267. The molecule has 7 heteroatoms. The number of halogens is 2. The predicted molar refractivity (Wildman–Crippen MR) is 75.7 cm³/mol. The zero-order chi connectivity index (χ0) is 15.9. The molecular formula is C15H15F2N3O2. The Morgan fingerprint density at radius 2 is 2.00 bits per heavy atom. The van der Waals surface area contributed by atoms with Gasteiger partial charge in [0, 0.05) is 36.6 Å². The molecule has 0 saturated heterocycles. The number of hydrogen-bond donors (Lipinski definition) is 1. The lowest BCUT2D eigenvalue weighted by Crippen LogP contribution is -2.34. The fourth-order valence-electron chi connectivity index (χ4n) is 1.89. The summed E-state index contributed by atoms with van der Waals surface area (Å²) in [6, 6.07) is 5.38. The summed E-state index contributed by atoms with van der Waals surface area (Å²) < 4.78 is 28.3. The van der Waals surface area contributed by atoms with Crippen LogP contribution in [0.15, 0.2) is 42.9 Å². The van der Waals surface area contributed by atoms with Crippen LogP contribution in [-0.4, -0.2) is 28.5 Å². The molecule has 1 unspecified atom stereocenters. The van der Waals surface area contributed by atoms with Gasteiger partial charge in [0.15, 0.2) is 0 Å². The van der Waals surface area contributed by atoms with Crippen molar-refractivity contribution in [2.45, 2.75) is 26.0 Å². The molecule has 0 aliphatic rings. The van der Waals surface area contributed by atoms with Crippen LogP contribution in [0.3, 0.4) is 0 Å². The molecule has 0 aliphatic carbocycles. The van der Waals surface area contributed by atoms with Gasteiger partial charge in [-0.05, 0) is 31.2 Å². The maximum absolute atomic E-state index is 12.0. The first kappa shape index (κ1) is 15.8. The van der Waals surface area contributed by atoms with Crippen LogP contribution in [0.2, 0.25) is 0 Å². The number of alkyl halides is 2.